The molecule has 2 aromatic rings. The summed E-state index contributed by atoms with van der Waals surface area (Å²) in [6.07, 6.45) is 6.02. The number of carbonyl (C=O) groups excluding carboxylic acids is 1. The number of nitriles is 1. The molecule has 7 nitrogen and oxygen atoms in total. The number of hydrogen-bond acceptors (Lipinski definition) is 6. The SMILES string of the molecule is CSC1(C(=O)NCC#N)CCN(c2ncnc3[nH]ccc23)C1. The summed E-state index contributed by atoms with van der Waals surface area (Å²) in [6.45, 7) is 1.36. The highest BCUT2D eigenvalue weighted by Gasteiger charge is 2.44. The van der Waals surface area contributed by atoms with E-state index >= 15 is 0 Å². The van der Waals surface area contributed by atoms with Crippen LogP contribution in [0.5, 0.6) is 0 Å². The number of rotatable bonds is 4. The number of H-pyrrole nitrogens is 1. The molecule has 1 saturated heterocycles. The maximum Gasteiger partial charge on any atom is 0.238 e. The largest absolute Gasteiger partial charge is 0.354 e. The van der Waals surface area contributed by atoms with Crippen molar-refractivity contribution in [1.82, 2.24) is 20.3 Å². The van der Waals surface area contributed by atoms with Crippen molar-refractivity contribution in [3.05, 3.63) is 18.6 Å². The quantitative estimate of drug-likeness (QED) is 0.814. The van der Waals surface area contributed by atoms with Gasteiger partial charge >= 0.3 is 0 Å². The van der Waals surface area contributed by atoms with E-state index in [0.717, 1.165) is 29.8 Å². The number of anilines is 1. The number of thioether (sulfide) groups is 1. The second kappa shape index (κ2) is 5.85. The van der Waals surface area contributed by atoms with Crippen LogP contribution < -0.4 is 10.2 Å². The molecular weight excluding hydrogens is 300 g/mol. The van der Waals surface area contributed by atoms with E-state index < -0.39 is 4.75 Å². The maximum absolute atomic E-state index is 12.4. The minimum Gasteiger partial charge on any atom is -0.354 e. The second-order valence-corrected chi connectivity index (χ2v) is 6.34. The van der Waals surface area contributed by atoms with E-state index in [1.807, 2.05) is 24.6 Å². The Morgan fingerprint density at radius 3 is 3.27 bits per heavy atom. The topological polar surface area (TPSA) is 97.7 Å². The van der Waals surface area contributed by atoms with Gasteiger partial charge in [-0.15, -0.1) is 11.8 Å². The number of fused-ring (bicyclic) bond motifs is 1. The van der Waals surface area contributed by atoms with Crippen molar-refractivity contribution in [2.45, 2.75) is 11.2 Å². The highest BCUT2D eigenvalue weighted by molar-refractivity contribution is 8.00. The van der Waals surface area contributed by atoms with Crippen molar-refractivity contribution in [2.75, 3.05) is 30.8 Å². The fourth-order valence-corrected chi connectivity index (χ4v) is 3.64. The van der Waals surface area contributed by atoms with E-state index in [1.165, 1.54) is 18.1 Å². The molecule has 114 valence electrons. The summed E-state index contributed by atoms with van der Waals surface area (Å²) >= 11 is 1.53. The van der Waals surface area contributed by atoms with Crippen LogP contribution in [0.15, 0.2) is 18.6 Å². The van der Waals surface area contributed by atoms with Crippen molar-refractivity contribution < 1.29 is 4.79 Å². The van der Waals surface area contributed by atoms with E-state index in [0.29, 0.717) is 6.54 Å². The van der Waals surface area contributed by atoms with Gasteiger partial charge in [0.05, 0.1) is 11.5 Å². The molecule has 0 saturated carbocycles. The predicted octanol–water partition coefficient (Wildman–Crippen LogP) is 0.910. The minimum absolute atomic E-state index is 0.0384. The summed E-state index contributed by atoms with van der Waals surface area (Å²) < 4.78 is -0.537. The van der Waals surface area contributed by atoms with E-state index in [-0.39, 0.29) is 12.5 Å². The van der Waals surface area contributed by atoms with Crippen LogP contribution in [0.25, 0.3) is 11.0 Å². The van der Waals surface area contributed by atoms with E-state index in [9.17, 15) is 4.79 Å². The van der Waals surface area contributed by atoms with E-state index in [1.54, 1.807) is 0 Å². The molecule has 0 spiro atoms. The molecule has 2 N–H and O–H groups in total. The molecule has 0 aromatic carbocycles. The summed E-state index contributed by atoms with van der Waals surface area (Å²) in [5, 5.41) is 12.3. The van der Waals surface area contributed by atoms with Crippen LogP contribution in [-0.4, -0.2) is 51.5 Å². The molecule has 1 aliphatic rings. The first-order valence-corrected chi connectivity index (χ1v) is 8.16. The lowest BCUT2D eigenvalue weighted by Crippen LogP contribution is -2.46. The lowest BCUT2D eigenvalue weighted by atomic mass is 10.1. The number of aromatic nitrogens is 3. The number of hydrogen-bond donors (Lipinski definition) is 2. The van der Waals surface area contributed by atoms with Gasteiger partial charge in [0.15, 0.2) is 0 Å². The first-order chi connectivity index (χ1) is 10.7. The lowest BCUT2D eigenvalue weighted by Gasteiger charge is -2.26. The Kier molecular flexibility index (Phi) is 3.90. The molecule has 1 atom stereocenters. The molecule has 8 heteroatoms. The Bertz CT molecular complexity index is 738. The van der Waals surface area contributed by atoms with Gasteiger partial charge in [-0.3, -0.25) is 4.79 Å². The van der Waals surface area contributed by atoms with Crippen LogP contribution in [0.3, 0.4) is 0 Å². The molecule has 0 radical (unpaired) electrons. The van der Waals surface area contributed by atoms with Gasteiger partial charge < -0.3 is 15.2 Å². The van der Waals surface area contributed by atoms with Crippen LogP contribution in [0, 0.1) is 11.3 Å². The zero-order valence-electron chi connectivity index (χ0n) is 12.2. The minimum atomic E-state index is -0.537. The van der Waals surface area contributed by atoms with Gasteiger partial charge in [0.2, 0.25) is 5.91 Å². The third kappa shape index (κ3) is 2.37. The molecule has 1 fully saturated rings. The zero-order chi connectivity index (χ0) is 15.6. The zero-order valence-corrected chi connectivity index (χ0v) is 13.0. The number of nitrogens with zero attached hydrogens (tertiary/aromatic N) is 4. The molecule has 1 aliphatic heterocycles. The highest BCUT2D eigenvalue weighted by atomic mass is 32.2. The molecule has 1 amide bonds. The normalized spacial score (nSPS) is 21.0. The molecule has 3 rings (SSSR count). The third-order valence-corrected chi connectivity index (χ3v) is 5.30. The Labute approximate surface area is 132 Å². The summed E-state index contributed by atoms with van der Waals surface area (Å²) in [5.41, 5.74) is 0.792. The van der Waals surface area contributed by atoms with Gasteiger partial charge in [-0.1, -0.05) is 0 Å². The van der Waals surface area contributed by atoms with Gasteiger partial charge in [-0.2, -0.15) is 5.26 Å². The summed E-state index contributed by atoms with van der Waals surface area (Å²) in [5.74, 6) is 0.763. The van der Waals surface area contributed by atoms with Crippen molar-refractivity contribution in [3.63, 3.8) is 0 Å². The Balaban J connectivity index is 1.86. The van der Waals surface area contributed by atoms with Crippen molar-refractivity contribution >= 4 is 34.5 Å². The van der Waals surface area contributed by atoms with E-state index in [2.05, 4.69) is 25.2 Å². The fourth-order valence-electron chi connectivity index (χ4n) is 2.80. The smallest absolute Gasteiger partial charge is 0.238 e. The number of carbonyl (C=O) groups is 1. The monoisotopic (exact) mass is 316 g/mol. The third-order valence-electron chi connectivity index (χ3n) is 4.00. The Morgan fingerprint density at radius 2 is 2.50 bits per heavy atom. The summed E-state index contributed by atoms with van der Waals surface area (Å²) in [4.78, 5) is 26.2. The van der Waals surface area contributed by atoms with Gasteiger partial charge in [0, 0.05) is 19.3 Å². The van der Waals surface area contributed by atoms with Crippen molar-refractivity contribution in [2.24, 2.45) is 0 Å². The molecular formula is C14H16N6OS. The average Bonchev–Trinajstić information content (AvgIpc) is 3.19. The van der Waals surface area contributed by atoms with Crippen LogP contribution in [0.1, 0.15) is 6.42 Å². The first kappa shape index (κ1) is 14.7. The number of nitrogens with one attached hydrogen (secondary N) is 2. The maximum atomic E-state index is 12.4. The molecule has 0 bridgehead atoms. The van der Waals surface area contributed by atoms with Gasteiger partial charge in [0.1, 0.15) is 29.1 Å². The van der Waals surface area contributed by atoms with Crippen LogP contribution in [0.2, 0.25) is 0 Å². The molecule has 0 aliphatic carbocycles. The second-order valence-electron chi connectivity index (χ2n) is 5.15. The highest BCUT2D eigenvalue weighted by Crippen LogP contribution is 2.37. The lowest BCUT2D eigenvalue weighted by molar-refractivity contribution is -0.122. The number of aromatic amines is 1. The van der Waals surface area contributed by atoms with E-state index in [4.69, 9.17) is 5.26 Å². The van der Waals surface area contributed by atoms with Crippen LogP contribution in [0.4, 0.5) is 5.82 Å². The van der Waals surface area contributed by atoms with Gasteiger partial charge in [-0.05, 0) is 18.7 Å². The molecule has 22 heavy (non-hydrogen) atoms. The van der Waals surface area contributed by atoms with Crippen LogP contribution >= 0.6 is 11.8 Å². The first-order valence-electron chi connectivity index (χ1n) is 6.93. The average molecular weight is 316 g/mol. The predicted molar refractivity (Wildman–Crippen MR) is 85.6 cm³/mol. The Morgan fingerprint density at radius 1 is 1.64 bits per heavy atom. The standard InChI is InChI=1S/C14H16N6OS/c1-22-14(13(21)17-6-4-15)3-7-20(8-14)12-10-2-5-16-11(10)18-9-19-12/h2,5,9H,3,6-8H2,1H3,(H,17,21)(H,16,18,19). The van der Waals surface area contributed by atoms with Gasteiger partial charge in [0.25, 0.3) is 0 Å². The van der Waals surface area contributed by atoms with Crippen LogP contribution in [-0.2, 0) is 4.79 Å². The number of amides is 1. The Hall–Kier alpha value is -2.27. The fraction of sp³-hybridized carbons (Fsp3) is 0.429. The summed E-state index contributed by atoms with van der Waals surface area (Å²) in [6, 6.07) is 3.89. The van der Waals surface area contributed by atoms with Crippen molar-refractivity contribution in [1.29, 1.82) is 5.26 Å². The molecule has 3 heterocycles. The van der Waals surface area contributed by atoms with Gasteiger partial charge in [-0.25, -0.2) is 9.97 Å². The molecule has 2 aromatic heterocycles. The summed E-state index contributed by atoms with van der Waals surface area (Å²) in [7, 11) is 0. The van der Waals surface area contributed by atoms with Crippen molar-refractivity contribution in [3.8, 4) is 6.07 Å². The molecule has 1 unspecified atom stereocenters.